The zero-order valence-electron chi connectivity index (χ0n) is 15.1. The van der Waals surface area contributed by atoms with Crippen LogP contribution in [0.15, 0.2) is 22.0 Å². The van der Waals surface area contributed by atoms with Gasteiger partial charge in [-0.3, -0.25) is 9.89 Å². The molecule has 0 amide bonds. The zero-order chi connectivity index (χ0) is 19.6. The second-order valence-corrected chi connectivity index (χ2v) is 8.17. The fraction of sp³-hybridized carbons (Fsp3) is 0.412. The summed E-state index contributed by atoms with van der Waals surface area (Å²) in [7, 11) is 0. The van der Waals surface area contributed by atoms with Crippen LogP contribution in [0.3, 0.4) is 0 Å². The summed E-state index contributed by atoms with van der Waals surface area (Å²) >= 11 is 17.6. The predicted octanol–water partition coefficient (Wildman–Crippen LogP) is 4.57. The van der Waals surface area contributed by atoms with Crippen LogP contribution in [0.5, 0.6) is 5.75 Å². The van der Waals surface area contributed by atoms with Crippen LogP contribution in [0.2, 0.25) is 10.0 Å². The van der Waals surface area contributed by atoms with Crippen LogP contribution in [-0.4, -0.2) is 27.2 Å². The van der Waals surface area contributed by atoms with Crippen LogP contribution in [0.25, 0.3) is 0 Å². The average Bonchev–Trinajstić information content (AvgIpc) is 2.49. The van der Waals surface area contributed by atoms with E-state index < -0.39 is 5.41 Å². The van der Waals surface area contributed by atoms with Gasteiger partial charge in [-0.15, -0.1) is 0 Å². The van der Waals surface area contributed by atoms with Gasteiger partial charge in [0.15, 0.2) is 5.75 Å². The van der Waals surface area contributed by atoms with E-state index in [1.165, 1.54) is 6.21 Å². The van der Waals surface area contributed by atoms with Gasteiger partial charge in [-0.1, -0.05) is 44.0 Å². The van der Waals surface area contributed by atoms with Crippen molar-refractivity contribution in [2.24, 2.45) is 5.10 Å². The van der Waals surface area contributed by atoms with Gasteiger partial charge in [0, 0.05) is 5.41 Å². The molecule has 2 rings (SSSR count). The maximum Gasteiger partial charge on any atom is 0.297 e. The lowest BCUT2D eigenvalue weighted by atomic mass is 9.93. The quantitative estimate of drug-likeness (QED) is 0.586. The molecule has 1 aromatic carbocycles. The SMILES string of the molecule is CC(C)Oc1c(Cl)cc(/C=N\n2c(=S)[nH]nc(C(C)(C)C)c2=O)cc1Cl. The molecule has 1 N–H and O–H groups in total. The standard InChI is InChI=1S/C17H20Cl2N4O2S/c1-9(2)25-13-11(18)6-10(7-12(13)19)8-20-23-15(24)14(17(3,4)5)21-22-16(23)26/h6-9H,1-5H3,(H,22,26)/b20-8-. The zero-order valence-corrected chi connectivity index (χ0v) is 17.5. The van der Waals surface area contributed by atoms with Gasteiger partial charge in [-0.2, -0.15) is 14.9 Å². The molecule has 0 unspecified atom stereocenters. The lowest BCUT2D eigenvalue weighted by molar-refractivity contribution is 0.243. The molecule has 0 aliphatic heterocycles. The Hall–Kier alpha value is -1.70. The Morgan fingerprint density at radius 2 is 1.88 bits per heavy atom. The number of nitrogens with zero attached hydrogens (tertiary/aromatic N) is 3. The smallest absolute Gasteiger partial charge is 0.297 e. The molecule has 0 atom stereocenters. The summed E-state index contributed by atoms with van der Waals surface area (Å²) in [5.41, 5.74) is 0.108. The summed E-state index contributed by atoms with van der Waals surface area (Å²) < 4.78 is 6.77. The van der Waals surface area contributed by atoms with Crippen LogP contribution in [-0.2, 0) is 5.41 Å². The Bertz CT molecular complexity index is 935. The van der Waals surface area contributed by atoms with Gasteiger partial charge in [0.1, 0.15) is 5.69 Å². The highest BCUT2D eigenvalue weighted by Gasteiger charge is 2.21. The predicted molar refractivity (Wildman–Crippen MR) is 108 cm³/mol. The van der Waals surface area contributed by atoms with Gasteiger partial charge in [0.25, 0.3) is 5.56 Å². The number of H-pyrrole nitrogens is 1. The van der Waals surface area contributed by atoms with E-state index in [1.807, 2.05) is 34.6 Å². The number of rotatable bonds is 4. The van der Waals surface area contributed by atoms with E-state index in [0.717, 1.165) is 4.68 Å². The van der Waals surface area contributed by atoms with Gasteiger partial charge in [0.2, 0.25) is 4.77 Å². The first kappa shape index (κ1) is 20.6. The highest BCUT2D eigenvalue weighted by atomic mass is 35.5. The van der Waals surface area contributed by atoms with Gasteiger partial charge in [0.05, 0.1) is 22.4 Å². The average molecular weight is 415 g/mol. The molecule has 0 saturated carbocycles. The number of hydrogen-bond acceptors (Lipinski definition) is 5. The van der Waals surface area contributed by atoms with Crippen molar-refractivity contribution in [2.45, 2.75) is 46.1 Å². The van der Waals surface area contributed by atoms with Crippen molar-refractivity contribution in [1.82, 2.24) is 14.9 Å². The Morgan fingerprint density at radius 1 is 1.31 bits per heavy atom. The van der Waals surface area contributed by atoms with Gasteiger partial charge >= 0.3 is 0 Å². The van der Waals surface area contributed by atoms with E-state index in [0.29, 0.717) is 27.1 Å². The number of benzene rings is 1. The van der Waals surface area contributed by atoms with Crippen LogP contribution in [0.4, 0.5) is 0 Å². The molecule has 140 valence electrons. The van der Waals surface area contributed by atoms with E-state index in [-0.39, 0.29) is 16.4 Å². The molecular weight excluding hydrogens is 395 g/mol. The Kier molecular flexibility index (Phi) is 6.26. The first-order valence-electron chi connectivity index (χ1n) is 7.93. The van der Waals surface area contributed by atoms with E-state index in [2.05, 4.69) is 15.3 Å². The van der Waals surface area contributed by atoms with Crippen molar-refractivity contribution in [3.63, 3.8) is 0 Å². The van der Waals surface area contributed by atoms with E-state index in [9.17, 15) is 4.79 Å². The number of aromatic nitrogens is 3. The second-order valence-electron chi connectivity index (χ2n) is 6.97. The highest BCUT2D eigenvalue weighted by Crippen LogP contribution is 2.34. The molecule has 0 aliphatic rings. The first-order valence-corrected chi connectivity index (χ1v) is 9.09. The molecule has 2 aromatic rings. The molecule has 1 aromatic heterocycles. The van der Waals surface area contributed by atoms with Gasteiger partial charge in [-0.05, 0) is 43.8 Å². The molecule has 9 heteroatoms. The van der Waals surface area contributed by atoms with Crippen molar-refractivity contribution in [2.75, 3.05) is 0 Å². The van der Waals surface area contributed by atoms with E-state index in [4.69, 9.17) is 40.2 Å². The summed E-state index contributed by atoms with van der Waals surface area (Å²) in [5.74, 6) is 0.411. The van der Waals surface area contributed by atoms with Crippen molar-refractivity contribution >= 4 is 41.6 Å². The third-order valence-electron chi connectivity index (χ3n) is 3.26. The molecule has 0 spiro atoms. The van der Waals surface area contributed by atoms with Crippen molar-refractivity contribution < 1.29 is 4.74 Å². The van der Waals surface area contributed by atoms with Crippen LogP contribution < -0.4 is 10.3 Å². The fourth-order valence-corrected chi connectivity index (χ4v) is 2.88. The van der Waals surface area contributed by atoms with Crippen LogP contribution in [0, 0.1) is 4.77 Å². The van der Waals surface area contributed by atoms with Crippen molar-refractivity contribution in [1.29, 1.82) is 0 Å². The molecule has 6 nitrogen and oxygen atoms in total. The molecular formula is C17H20Cl2N4O2S. The summed E-state index contributed by atoms with van der Waals surface area (Å²) in [6.07, 6.45) is 1.39. The highest BCUT2D eigenvalue weighted by molar-refractivity contribution is 7.71. The maximum absolute atomic E-state index is 12.6. The Balaban J connectivity index is 2.46. The third kappa shape index (κ3) is 4.72. The largest absolute Gasteiger partial charge is 0.488 e. The van der Waals surface area contributed by atoms with E-state index in [1.54, 1.807) is 12.1 Å². The normalized spacial score (nSPS) is 12.2. The van der Waals surface area contributed by atoms with Crippen LogP contribution >= 0.6 is 35.4 Å². The topological polar surface area (TPSA) is 72.3 Å². The molecule has 0 radical (unpaired) electrons. The van der Waals surface area contributed by atoms with E-state index >= 15 is 0 Å². The number of ether oxygens (including phenoxy) is 1. The Labute approximate surface area is 166 Å². The number of aromatic amines is 1. The lowest BCUT2D eigenvalue weighted by Crippen LogP contribution is -2.32. The molecule has 1 heterocycles. The molecule has 0 fully saturated rings. The van der Waals surface area contributed by atoms with Gasteiger partial charge in [-0.25, -0.2) is 0 Å². The van der Waals surface area contributed by atoms with Crippen molar-refractivity contribution in [3.8, 4) is 5.75 Å². The number of nitrogens with one attached hydrogen (secondary N) is 1. The monoisotopic (exact) mass is 414 g/mol. The van der Waals surface area contributed by atoms with Crippen LogP contribution in [0.1, 0.15) is 45.9 Å². The number of hydrogen-bond donors (Lipinski definition) is 1. The minimum Gasteiger partial charge on any atom is -0.488 e. The van der Waals surface area contributed by atoms with Crippen molar-refractivity contribution in [3.05, 3.63) is 48.6 Å². The first-order chi connectivity index (χ1) is 12.0. The molecule has 0 saturated heterocycles. The third-order valence-corrected chi connectivity index (χ3v) is 4.08. The van der Waals surface area contributed by atoms with Gasteiger partial charge < -0.3 is 4.74 Å². The molecule has 0 aliphatic carbocycles. The summed E-state index contributed by atoms with van der Waals surface area (Å²) in [6, 6.07) is 3.30. The fourth-order valence-electron chi connectivity index (χ4n) is 2.11. The summed E-state index contributed by atoms with van der Waals surface area (Å²) in [5, 5.41) is 11.6. The minimum absolute atomic E-state index is 0.0611. The molecule has 26 heavy (non-hydrogen) atoms. The Morgan fingerprint density at radius 3 is 2.38 bits per heavy atom. The minimum atomic E-state index is -0.448. The maximum atomic E-state index is 12.6. The molecule has 0 bridgehead atoms. The summed E-state index contributed by atoms with van der Waals surface area (Å²) in [4.78, 5) is 12.6. The summed E-state index contributed by atoms with van der Waals surface area (Å²) in [6.45, 7) is 9.41. The lowest BCUT2D eigenvalue weighted by Gasteiger charge is -2.16. The second kappa shape index (κ2) is 7.90. The number of halogens is 2.